The van der Waals surface area contributed by atoms with Crippen LogP contribution in [0.3, 0.4) is 0 Å². The molecule has 3 fully saturated rings. The minimum absolute atomic E-state index is 0.250. The highest BCUT2D eigenvalue weighted by Gasteiger charge is 2.55. The Hall–Kier alpha value is -5.22. The van der Waals surface area contributed by atoms with Gasteiger partial charge in [-0.2, -0.15) is 0 Å². The van der Waals surface area contributed by atoms with Crippen molar-refractivity contribution in [1.29, 1.82) is 0 Å². The summed E-state index contributed by atoms with van der Waals surface area (Å²) in [5, 5.41) is 0. The summed E-state index contributed by atoms with van der Waals surface area (Å²) >= 11 is 5.21. The normalized spacial score (nSPS) is 26.9. The first-order valence-corrected chi connectivity index (χ1v) is 32.4. The molecule has 3 heterocycles. The second-order valence-electron chi connectivity index (χ2n) is 25.2. The molecule has 3 aromatic carbocycles. The maximum absolute atomic E-state index is 13.6. The first-order chi connectivity index (χ1) is 38.1. The lowest BCUT2D eigenvalue weighted by atomic mass is 9.58. The zero-order valence-electron chi connectivity index (χ0n) is 46.2. The van der Waals surface area contributed by atoms with Crippen LogP contribution in [0.1, 0.15) is 204 Å². The number of ketones is 3. The Morgan fingerprint density at radius 2 is 0.628 bits per heavy atom. The average molecular weight is 1090 g/mol. The number of hydrogen-bond donors (Lipinski definition) is 0. The second kappa shape index (κ2) is 20.4. The van der Waals surface area contributed by atoms with Gasteiger partial charge in [-0.3, -0.25) is 14.4 Å². The summed E-state index contributed by atoms with van der Waals surface area (Å²) < 4.78 is 0. The number of Topliss-reactive ketones (excluding diaryl/α,β-unsaturated/α-hetero) is 3. The summed E-state index contributed by atoms with van der Waals surface area (Å²) in [5.41, 5.74) is 20.8. The molecule has 3 atom stereocenters. The number of benzene rings is 3. The SMILES string of the molecule is CCC1(c2ccccc2)C2=C(Cc3ncsc31)CC1(CCCC1)CC2=O.CC[C@@]1(c2ccccc2)C2=C(Cc3ncsc31)CC1(CCCC1)CC2=O.CC[C@]1(c2ccccc2)C2=C(Cc3ncsc31)CC1(CCCC1)CC2=O. The number of nitrogens with zero attached hydrogens (tertiary/aromatic N) is 3. The van der Waals surface area contributed by atoms with Crippen LogP contribution in [-0.2, 0) is 49.9 Å². The van der Waals surface area contributed by atoms with E-state index in [-0.39, 0.29) is 32.5 Å². The zero-order chi connectivity index (χ0) is 53.3. The van der Waals surface area contributed by atoms with Crippen LogP contribution in [0, 0.1) is 16.2 Å². The third kappa shape index (κ3) is 8.22. The van der Waals surface area contributed by atoms with E-state index in [1.54, 1.807) is 34.0 Å². The number of fused-ring (bicyclic) bond motifs is 3. The number of hydrogen-bond acceptors (Lipinski definition) is 9. The van der Waals surface area contributed by atoms with Crippen molar-refractivity contribution in [3.63, 3.8) is 0 Å². The predicted molar refractivity (Wildman–Crippen MR) is 316 cm³/mol. The minimum Gasteiger partial charge on any atom is -0.294 e. The number of thiazole rings is 3. The van der Waals surface area contributed by atoms with Gasteiger partial charge >= 0.3 is 0 Å². The van der Waals surface area contributed by atoms with Crippen LogP contribution >= 0.6 is 34.0 Å². The standard InChI is InChI=1S/3C23H25NOS/c3*1-2-23(17-8-4-3-5-9-17)20-16(12-18-21(23)26-15-24-18)13-22(14-19(20)25)10-6-7-11-22/h3*3-5,8-9,15H,2,6-7,10-14H2,1H3/t2*23-;/m10./s1. The molecule has 0 saturated heterocycles. The fourth-order valence-electron chi connectivity index (χ4n) is 18.0. The third-order valence-electron chi connectivity index (χ3n) is 21.2. The van der Waals surface area contributed by atoms with Crippen molar-refractivity contribution < 1.29 is 14.4 Å². The Balaban J connectivity index is 0.000000111. The Morgan fingerprint density at radius 3 is 0.872 bits per heavy atom. The van der Waals surface area contributed by atoms with Gasteiger partial charge in [0.05, 0.1) is 49.9 Å². The highest BCUT2D eigenvalue weighted by Crippen LogP contribution is 2.62. The monoisotopic (exact) mass is 1090 g/mol. The lowest BCUT2D eigenvalue weighted by Gasteiger charge is -2.45. The molecule has 9 heteroatoms. The van der Waals surface area contributed by atoms with E-state index >= 15 is 0 Å². The molecule has 3 spiro atoms. The van der Waals surface area contributed by atoms with Crippen molar-refractivity contribution in [2.45, 2.75) is 191 Å². The molecule has 15 rings (SSSR count). The highest BCUT2D eigenvalue weighted by atomic mass is 32.1. The van der Waals surface area contributed by atoms with Crippen LogP contribution in [0.2, 0.25) is 0 Å². The second-order valence-corrected chi connectivity index (χ2v) is 27.7. The van der Waals surface area contributed by atoms with Crippen LogP contribution in [0.5, 0.6) is 0 Å². The average Bonchev–Trinajstić information content (AvgIpc) is 4.14. The Bertz CT molecular complexity index is 3020. The van der Waals surface area contributed by atoms with Crippen molar-refractivity contribution in [2.24, 2.45) is 16.2 Å². The molecular weight excluding hydrogens is 1010 g/mol. The molecule has 0 amide bonds. The van der Waals surface area contributed by atoms with Gasteiger partial charge in [0.2, 0.25) is 0 Å². The molecular formula is C69H75N3O3S3. The van der Waals surface area contributed by atoms with Gasteiger partial charge in [-0.1, -0.05) is 167 Å². The zero-order valence-corrected chi connectivity index (χ0v) is 48.6. The molecule has 402 valence electrons. The predicted octanol–water partition coefficient (Wildman–Crippen LogP) is 16.8. The van der Waals surface area contributed by atoms with Gasteiger partial charge < -0.3 is 0 Å². The highest BCUT2D eigenvalue weighted by molar-refractivity contribution is 7.10. The van der Waals surface area contributed by atoms with Crippen molar-refractivity contribution in [2.75, 3.05) is 0 Å². The summed E-state index contributed by atoms with van der Waals surface area (Å²) in [6.07, 6.45) is 26.1. The van der Waals surface area contributed by atoms with Gasteiger partial charge in [-0.15, -0.1) is 34.0 Å². The number of rotatable bonds is 6. The Labute approximate surface area is 474 Å². The molecule has 0 aliphatic heterocycles. The summed E-state index contributed by atoms with van der Waals surface area (Å²) in [7, 11) is 0. The van der Waals surface area contributed by atoms with Crippen molar-refractivity contribution >= 4 is 51.4 Å². The lowest BCUT2D eigenvalue weighted by molar-refractivity contribution is -0.120. The Kier molecular flexibility index (Phi) is 13.6. The maximum atomic E-state index is 13.6. The van der Waals surface area contributed by atoms with Gasteiger partial charge in [-0.05, 0) is 110 Å². The quantitative estimate of drug-likeness (QED) is 0.165. The van der Waals surface area contributed by atoms with Crippen LogP contribution < -0.4 is 0 Å². The summed E-state index contributed by atoms with van der Waals surface area (Å²) in [6.45, 7) is 6.71. The molecule has 6 aromatic rings. The smallest absolute Gasteiger partial charge is 0.160 e. The van der Waals surface area contributed by atoms with E-state index in [4.69, 9.17) is 15.0 Å². The number of aromatic nitrogens is 3. The summed E-state index contributed by atoms with van der Waals surface area (Å²) in [4.78, 5) is 58.9. The molecule has 0 N–H and O–H groups in total. The van der Waals surface area contributed by atoms with Crippen molar-refractivity contribution in [3.8, 4) is 0 Å². The molecule has 9 aliphatic carbocycles. The van der Waals surface area contributed by atoms with Gasteiger partial charge in [0.1, 0.15) is 0 Å². The van der Waals surface area contributed by atoms with E-state index in [0.29, 0.717) is 17.3 Å². The molecule has 9 aliphatic rings. The van der Waals surface area contributed by atoms with Gasteiger partial charge in [-0.25, -0.2) is 15.0 Å². The molecule has 6 nitrogen and oxygen atoms in total. The van der Waals surface area contributed by atoms with E-state index in [0.717, 1.165) is 93.8 Å². The van der Waals surface area contributed by atoms with E-state index in [2.05, 4.69) is 112 Å². The summed E-state index contributed by atoms with van der Waals surface area (Å²) in [6, 6.07) is 32.1. The summed E-state index contributed by atoms with van der Waals surface area (Å²) in [5.74, 6) is 1.24. The first-order valence-electron chi connectivity index (χ1n) is 29.8. The van der Waals surface area contributed by atoms with Gasteiger partial charge in [0, 0.05) is 69.9 Å². The lowest BCUT2D eigenvalue weighted by Crippen LogP contribution is -2.42. The van der Waals surface area contributed by atoms with Crippen LogP contribution in [0.4, 0.5) is 0 Å². The molecule has 1 unspecified atom stereocenters. The number of allylic oxidation sites excluding steroid dienone is 6. The van der Waals surface area contributed by atoms with Crippen molar-refractivity contribution in [3.05, 3.63) is 189 Å². The molecule has 3 aromatic heterocycles. The van der Waals surface area contributed by atoms with E-state index in [9.17, 15) is 14.4 Å². The van der Waals surface area contributed by atoms with Gasteiger partial charge in [0.25, 0.3) is 0 Å². The molecule has 3 saturated carbocycles. The third-order valence-corrected chi connectivity index (χ3v) is 24.3. The fourth-order valence-corrected chi connectivity index (χ4v) is 21.3. The van der Waals surface area contributed by atoms with E-state index in [1.165, 1.54) is 142 Å². The largest absolute Gasteiger partial charge is 0.294 e. The molecule has 0 bridgehead atoms. The topological polar surface area (TPSA) is 89.9 Å². The van der Waals surface area contributed by atoms with Gasteiger partial charge in [0.15, 0.2) is 17.3 Å². The first kappa shape index (κ1) is 52.2. The number of carbonyl (C=O) groups excluding carboxylic acids is 3. The fraction of sp³-hybridized carbons (Fsp3) is 0.478. The number of carbonyl (C=O) groups is 3. The van der Waals surface area contributed by atoms with Crippen molar-refractivity contribution in [1.82, 2.24) is 15.0 Å². The minimum atomic E-state index is -0.289. The molecule has 0 radical (unpaired) electrons. The Morgan fingerprint density at radius 1 is 0.372 bits per heavy atom. The molecule has 78 heavy (non-hydrogen) atoms. The van der Waals surface area contributed by atoms with E-state index in [1.807, 2.05) is 16.5 Å². The van der Waals surface area contributed by atoms with Crippen LogP contribution in [-0.4, -0.2) is 32.3 Å². The van der Waals surface area contributed by atoms with Crippen LogP contribution in [0.15, 0.2) is 141 Å². The van der Waals surface area contributed by atoms with Crippen LogP contribution in [0.25, 0.3) is 0 Å². The van der Waals surface area contributed by atoms with E-state index < -0.39 is 0 Å². The maximum Gasteiger partial charge on any atom is 0.160 e.